The zero-order chi connectivity index (χ0) is 12.1. The molecule has 2 atom stereocenters. The van der Waals surface area contributed by atoms with Gasteiger partial charge in [-0.2, -0.15) is 0 Å². The van der Waals surface area contributed by atoms with Gasteiger partial charge in [-0.25, -0.2) is 0 Å². The van der Waals surface area contributed by atoms with Crippen LogP contribution in [0.1, 0.15) is 25.3 Å². The van der Waals surface area contributed by atoms with Gasteiger partial charge in [0, 0.05) is 6.61 Å². The van der Waals surface area contributed by atoms with Crippen LogP contribution in [0.4, 0.5) is 0 Å². The molecule has 0 amide bonds. The van der Waals surface area contributed by atoms with E-state index in [0.717, 1.165) is 19.4 Å². The molecule has 2 heteroatoms. The molecule has 0 saturated carbocycles. The smallest absolute Gasteiger partial charge is 0.0955 e. The van der Waals surface area contributed by atoms with Crippen LogP contribution in [-0.4, -0.2) is 18.3 Å². The molecule has 1 aromatic rings. The normalized spacial score (nSPS) is 26.8. The molecule has 1 aromatic carbocycles. The maximum absolute atomic E-state index is 5.65. The molecule has 92 valence electrons. The quantitative estimate of drug-likeness (QED) is 0.408. The minimum atomic E-state index is 0.0257. The molecule has 0 unspecified atom stereocenters. The number of hydrogen-bond acceptors (Lipinski definition) is 2. The molecule has 2 rings (SSSR count). The summed E-state index contributed by atoms with van der Waals surface area (Å²) >= 11 is 0. The Labute approximate surface area is 103 Å². The summed E-state index contributed by atoms with van der Waals surface area (Å²) in [4.78, 5) is 0. The summed E-state index contributed by atoms with van der Waals surface area (Å²) in [6, 6.07) is 10.2. The van der Waals surface area contributed by atoms with Crippen molar-refractivity contribution in [1.29, 1.82) is 0 Å². The number of benzene rings is 1. The molecule has 17 heavy (non-hydrogen) atoms. The summed E-state index contributed by atoms with van der Waals surface area (Å²) in [5.74, 6) is 0. The highest BCUT2D eigenvalue weighted by Crippen LogP contribution is 2.41. The van der Waals surface area contributed by atoms with Crippen molar-refractivity contribution in [3.05, 3.63) is 48.6 Å². The fourth-order valence-corrected chi connectivity index (χ4v) is 2.08. The lowest BCUT2D eigenvalue weighted by Gasteiger charge is -2.04. The number of ether oxygens (including phenoxy) is 2. The van der Waals surface area contributed by atoms with Crippen LogP contribution in [0.15, 0.2) is 43.0 Å². The zero-order valence-corrected chi connectivity index (χ0v) is 10.4. The Morgan fingerprint density at radius 1 is 1.41 bits per heavy atom. The molecule has 1 aliphatic rings. The van der Waals surface area contributed by atoms with E-state index in [2.05, 4.69) is 25.6 Å². The van der Waals surface area contributed by atoms with E-state index in [1.165, 1.54) is 5.56 Å². The predicted molar refractivity (Wildman–Crippen MR) is 68.8 cm³/mol. The van der Waals surface area contributed by atoms with Crippen molar-refractivity contribution in [2.75, 3.05) is 6.61 Å². The van der Waals surface area contributed by atoms with Crippen LogP contribution in [-0.2, 0) is 16.1 Å². The van der Waals surface area contributed by atoms with Crippen LogP contribution in [0.2, 0.25) is 0 Å². The van der Waals surface area contributed by atoms with Crippen molar-refractivity contribution in [3.63, 3.8) is 0 Å². The minimum absolute atomic E-state index is 0.0257. The van der Waals surface area contributed by atoms with Gasteiger partial charge in [0.1, 0.15) is 0 Å². The standard InChI is InChI=1S/C15H20O2/c1-3-10-15(2)14(17-15)9-11-16-12-13-7-5-4-6-8-13/h3-8,14H,1,9-12H2,2H3/t14-,15+/m1/s1. The van der Waals surface area contributed by atoms with Gasteiger partial charge in [-0.15, -0.1) is 6.58 Å². The Morgan fingerprint density at radius 2 is 2.18 bits per heavy atom. The van der Waals surface area contributed by atoms with Gasteiger partial charge in [0.05, 0.1) is 18.3 Å². The summed E-state index contributed by atoms with van der Waals surface area (Å²) < 4.78 is 11.3. The molecule has 0 radical (unpaired) electrons. The lowest BCUT2D eigenvalue weighted by atomic mass is 10.0. The van der Waals surface area contributed by atoms with E-state index in [1.807, 2.05) is 24.3 Å². The van der Waals surface area contributed by atoms with E-state index in [-0.39, 0.29) is 5.60 Å². The van der Waals surface area contributed by atoms with Gasteiger partial charge < -0.3 is 9.47 Å². The first-order valence-corrected chi connectivity index (χ1v) is 6.15. The van der Waals surface area contributed by atoms with Crippen molar-refractivity contribution in [1.82, 2.24) is 0 Å². The maximum atomic E-state index is 5.65. The Morgan fingerprint density at radius 3 is 2.88 bits per heavy atom. The maximum Gasteiger partial charge on any atom is 0.0955 e. The second kappa shape index (κ2) is 5.48. The lowest BCUT2D eigenvalue weighted by molar-refractivity contribution is 0.113. The van der Waals surface area contributed by atoms with Crippen LogP contribution < -0.4 is 0 Å². The molecule has 0 aromatic heterocycles. The van der Waals surface area contributed by atoms with Crippen LogP contribution in [0, 0.1) is 0 Å². The third-order valence-electron chi connectivity index (χ3n) is 3.22. The Balaban J connectivity index is 1.61. The third kappa shape index (κ3) is 3.42. The summed E-state index contributed by atoms with van der Waals surface area (Å²) in [6.45, 7) is 7.32. The van der Waals surface area contributed by atoms with E-state index >= 15 is 0 Å². The monoisotopic (exact) mass is 232 g/mol. The first-order valence-electron chi connectivity index (χ1n) is 6.15. The molecule has 1 heterocycles. The SMILES string of the molecule is C=CC[C@]1(C)O[C@@H]1CCOCc1ccccc1. The summed E-state index contributed by atoms with van der Waals surface area (Å²) in [5, 5.41) is 0. The van der Waals surface area contributed by atoms with Gasteiger partial charge in [0.15, 0.2) is 0 Å². The average molecular weight is 232 g/mol. The molecule has 1 saturated heterocycles. The van der Waals surface area contributed by atoms with E-state index in [0.29, 0.717) is 12.7 Å². The molecule has 1 fully saturated rings. The fraction of sp³-hybridized carbons (Fsp3) is 0.467. The topological polar surface area (TPSA) is 21.8 Å². The molecular formula is C15H20O2. The van der Waals surface area contributed by atoms with Gasteiger partial charge in [0.2, 0.25) is 0 Å². The first kappa shape index (κ1) is 12.3. The molecule has 0 spiro atoms. The fourth-order valence-electron chi connectivity index (χ4n) is 2.08. The third-order valence-corrected chi connectivity index (χ3v) is 3.22. The first-order chi connectivity index (χ1) is 8.24. The van der Waals surface area contributed by atoms with Crippen molar-refractivity contribution in [2.24, 2.45) is 0 Å². The largest absolute Gasteiger partial charge is 0.377 e. The van der Waals surface area contributed by atoms with Gasteiger partial charge in [0.25, 0.3) is 0 Å². The highest BCUT2D eigenvalue weighted by atomic mass is 16.6. The number of hydrogen-bond donors (Lipinski definition) is 0. The van der Waals surface area contributed by atoms with Gasteiger partial charge in [-0.05, 0) is 25.3 Å². The molecule has 1 aliphatic heterocycles. The van der Waals surface area contributed by atoms with Crippen LogP contribution in [0.25, 0.3) is 0 Å². The minimum Gasteiger partial charge on any atom is -0.377 e. The molecule has 0 N–H and O–H groups in total. The average Bonchev–Trinajstić information content (AvgIpc) is 2.97. The summed E-state index contributed by atoms with van der Waals surface area (Å²) in [7, 11) is 0. The van der Waals surface area contributed by atoms with E-state index in [1.54, 1.807) is 0 Å². The Hall–Kier alpha value is -1.12. The van der Waals surface area contributed by atoms with Gasteiger partial charge in [-0.1, -0.05) is 36.4 Å². The van der Waals surface area contributed by atoms with E-state index in [4.69, 9.17) is 9.47 Å². The van der Waals surface area contributed by atoms with Crippen molar-refractivity contribution in [3.8, 4) is 0 Å². The van der Waals surface area contributed by atoms with Crippen LogP contribution in [0.5, 0.6) is 0 Å². The highest BCUT2D eigenvalue weighted by molar-refractivity contribution is 5.13. The summed E-state index contributed by atoms with van der Waals surface area (Å²) in [5.41, 5.74) is 1.25. The second-order valence-corrected chi connectivity index (χ2v) is 4.74. The van der Waals surface area contributed by atoms with Crippen LogP contribution in [0.3, 0.4) is 0 Å². The molecule has 0 aliphatic carbocycles. The predicted octanol–water partition coefficient (Wildman–Crippen LogP) is 3.33. The van der Waals surface area contributed by atoms with E-state index < -0.39 is 0 Å². The van der Waals surface area contributed by atoms with Crippen molar-refractivity contribution < 1.29 is 9.47 Å². The highest BCUT2D eigenvalue weighted by Gasteiger charge is 2.50. The van der Waals surface area contributed by atoms with E-state index in [9.17, 15) is 0 Å². The molecule has 0 bridgehead atoms. The Bertz CT molecular complexity index is 360. The zero-order valence-electron chi connectivity index (χ0n) is 10.4. The second-order valence-electron chi connectivity index (χ2n) is 4.74. The molecule has 2 nitrogen and oxygen atoms in total. The Kier molecular flexibility index (Phi) is 3.97. The number of epoxide rings is 1. The molecular weight excluding hydrogens is 212 g/mol. The van der Waals surface area contributed by atoms with Crippen LogP contribution >= 0.6 is 0 Å². The van der Waals surface area contributed by atoms with Gasteiger partial charge >= 0.3 is 0 Å². The van der Waals surface area contributed by atoms with Crippen molar-refractivity contribution in [2.45, 2.75) is 38.1 Å². The van der Waals surface area contributed by atoms with Gasteiger partial charge in [-0.3, -0.25) is 0 Å². The van der Waals surface area contributed by atoms with Crippen molar-refractivity contribution >= 4 is 0 Å². The summed E-state index contributed by atoms with van der Waals surface area (Å²) in [6.07, 6.45) is 4.16. The lowest BCUT2D eigenvalue weighted by Crippen LogP contribution is -2.10. The number of rotatable bonds is 7.